The maximum absolute atomic E-state index is 13.5. The number of carbonyl (C=O) groups excluding carboxylic acids is 1. The van der Waals surface area contributed by atoms with Gasteiger partial charge in [0, 0.05) is 6.54 Å². The number of aryl methyl sites for hydroxylation is 1. The predicted octanol–water partition coefficient (Wildman–Crippen LogP) is 4.71. The number of rotatable bonds is 10. The molecule has 0 saturated carbocycles. The van der Waals surface area contributed by atoms with Gasteiger partial charge < -0.3 is 5.32 Å². The van der Waals surface area contributed by atoms with E-state index in [1.165, 1.54) is 42.0 Å². The summed E-state index contributed by atoms with van der Waals surface area (Å²) in [4.78, 5) is 12.9. The molecule has 0 fully saturated rings. The minimum absolute atomic E-state index is 0.0701. The quantitative estimate of drug-likeness (QED) is 0.468. The third-order valence-corrected chi connectivity index (χ3v) is 7.33. The minimum Gasteiger partial charge on any atom is -0.354 e. The fourth-order valence-corrected chi connectivity index (χ4v) is 4.93. The monoisotopic (exact) mass is 468 g/mol. The molecule has 0 aliphatic heterocycles. The van der Waals surface area contributed by atoms with E-state index < -0.39 is 28.3 Å². The molecule has 0 spiro atoms. The molecule has 1 amide bonds. The zero-order chi connectivity index (χ0) is 23.8. The molecule has 7 heteroatoms. The van der Waals surface area contributed by atoms with Gasteiger partial charge in [0.2, 0.25) is 5.91 Å². The van der Waals surface area contributed by atoms with E-state index in [9.17, 15) is 17.6 Å². The summed E-state index contributed by atoms with van der Waals surface area (Å²) >= 11 is 0. The van der Waals surface area contributed by atoms with Crippen LogP contribution in [0.1, 0.15) is 24.5 Å². The van der Waals surface area contributed by atoms with Crippen molar-refractivity contribution in [2.45, 2.75) is 31.6 Å². The molecule has 0 heterocycles. The van der Waals surface area contributed by atoms with Crippen molar-refractivity contribution < 1.29 is 17.6 Å². The smallest absolute Gasteiger partial charge is 0.264 e. The van der Waals surface area contributed by atoms with Crippen molar-refractivity contribution in [3.8, 4) is 0 Å². The van der Waals surface area contributed by atoms with Gasteiger partial charge in [0.25, 0.3) is 10.0 Å². The van der Waals surface area contributed by atoms with E-state index >= 15 is 0 Å². The molecule has 33 heavy (non-hydrogen) atoms. The molecule has 1 unspecified atom stereocenters. The molecule has 3 aromatic rings. The second kappa shape index (κ2) is 11.1. The number of carbonyl (C=O) groups is 1. The summed E-state index contributed by atoms with van der Waals surface area (Å²) in [6, 6.07) is 21.5. The highest BCUT2D eigenvalue weighted by molar-refractivity contribution is 7.92. The van der Waals surface area contributed by atoms with Crippen LogP contribution in [0.2, 0.25) is 0 Å². The highest BCUT2D eigenvalue weighted by Crippen LogP contribution is 2.24. The van der Waals surface area contributed by atoms with E-state index in [4.69, 9.17) is 0 Å². The van der Waals surface area contributed by atoms with Gasteiger partial charge in [-0.3, -0.25) is 9.10 Å². The summed E-state index contributed by atoms with van der Waals surface area (Å²) in [5, 5.41) is 2.88. The Kier molecular flexibility index (Phi) is 8.22. The highest BCUT2D eigenvalue weighted by Gasteiger charge is 2.27. The number of anilines is 1. The van der Waals surface area contributed by atoms with E-state index in [0.717, 1.165) is 22.7 Å². The normalized spacial score (nSPS) is 12.2. The summed E-state index contributed by atoms with van der Waals surface area (Å²) in [7, 11) is -4.02. The molecule has 0 aliphatic carbocycles. The number of hydrogen-bond donors (Lipinski definition) is 1. The van der Waals surface area contributed by atoms with Crippen molar-refractivity contribution in [1.82, 2.24) is 5.32 Å². The number of nitrogens with zero attached hydrogens (tertiary/aromatic N) is 1. The zero-order valence-electron chi connectivity index (χ0n) is 18.9. The number of hydrogen-bond acceptors (Lipinski definition) is 3. The number of halogens is 1. The summed E-state index contributed by atoms with van der Waals surface area (Å²) in [5.41, 5.74) is 2.33. The van der Waals surface area contributed by atoms with Gasteiger partial charge in [0.1, 0.15) is 12.4 Å². The van der Waals surface area contributed by atoms with Crippen molar-refractivity contribution in [2.24, 2.45) is 5.92 Å². The second-order valence-electron chi connectivity index (χ2n) is 8.07. The first-order chi connectivity index (χ1) is 15.8. The van der Waals surface area contributed by atoms with Gasteiger partial charge in [0.05, 0.1) is 10.6 Å². The topological polar surface area (TPSA) is 66.5 Å². The Labute approximate surface area is 195 Å². The molecule has 174 valence electrons. The van der Waals surface area contributed by atoms with Crippen molar-refractivity contribution in [2.75, 3.05) is 17.4 Å². The SMILES string of the molecule is CCC(CNC(=O)CN(c1ccc(F)cc1)S(=O)(=O)c1ccc(C)cc1)Cc1ccccc1. The first-order valence-electron chi connectivity index (χ1n) is 10.9. The third-order valence-electron chi connectivity index (χ3n) is 5.54. The molecule has 5 nitrogen and oxygen atoms in total. The number of nitrogens with one attached hydrogen (secondary N) is 1. The van der Waals surface area contributed by atoms with E-state index in [1.807, 2.05) is 25.1 Å². The van der Waals surface area contributed by atoms with Gasteiger partial charge in [-0.2, -0.15) is 0 Å². The fourth-order valence-electron chi connectivity index (χ4n) is 3.51. The largest absolute Gasteiger partial charge is 0.354 e. The van der Waals surface area contributed by atoms with Gasteiger partial charge in [-0.15, -0.1) is 0 Å². The Morgan fingerprint density at radius 1 is 0.970 bits per heavy atom. The second-order valence-corrected chi connectivity index (χ2v) is 9.93. The van der Waals surface area contributed by atoms with Gasteiger partial charge in [0.15, 0.2) is 0 Å². The van der Waals surface area contributed by atoms with Crippen LogP contribution in [0.5, 0.6) is 0 Å². The van der Waals surface area contributed by atoms with Crippen molar-refractivity contribution >= 4 is 21.6 Å². The summed E-state index contributed by atoms with van der Waals surface area (Å²) in [6.45, 7) is 3.96. The van der Waals surface area contributed by atoms with E-state index in [-0.39, 0.29) is 16.5 Å². The summed E-state index contributed by atoms with van der Waals surface area (Å²) in [5.74, 6) is -0.673. The lowest BCUT2D eigenvalue weighted by Gasteiger charge is -2.25. The molecular weight excluding hydrogens is 439 g/mol. The van der Waals surface area contributed by atoms with Gasteiger partial charge in [-0.05, 0) is 61.2 Å². The van der Waals surface area contributed by atoms with Crippen LogP contribution in [0.25, 0.3) is 0 Å². The van der Waals surface area contributed by atoms with Gasteiger partial charge in [-0.1, -0.05) is 61.4 Å². The van der Waals surface area contributed by atoms with Gasteiger partial charge >= 0.3 is 0 Å². The first kappa shape index (κ1) is 24.5. The van der Waals surface area contributed by atoms with Crippen LogP contribution >= 0.6 is 0 Å². The number of sulfonamides is 1. The molecule has 0 saturated heterocycles. The Hall–Kier alpha value is -3.19. The van der Waals surface area contributed by atoms with Crippen LogP contribution < -0.4 is 9.62 Å². The fraction of sp³-hybridized carbons (Fsp3) is 0.269. The van der Waals surface area contributed by atoms with Crippen molar-refractivity contribution in [3.05, 3.63) is 95.8 Å². The van der Waals surface area contributed by atoms with Crippen LogP contribution in [0, 0.1) is 18.7 Å². The molecule has 0 radical (unpaired) electrons. The Morgan fingerprint density at radius 2 is 1.61 bits per heavy atom. The Morgan fingerprint density at radius 3 is 2.21 bits per heavy atom. The third kappa shape index (κ3) is 6.65. The number of benzene rings is 3. The standard InChI is InChI=1S/C26H29FN2O3S/c1-3-21(17-22-7-5-4-6-8-22)18-28-26(30)19-29(24-13-11-23(27)12-14-24)33(31,32)25-15-9-20(2)10-16-25/h4-16,21H,3,17-19H2,1-2H3,(H,28,30). The molecule has 0 aliphatic rings. The highest BCUT2D eigenvalue weighted by atomic mass is 32.2. The van der Waals surface area contributed by atoms with Crippen molar-refractivity contribution in [3.63, 3.8) is 0 Å². The van der Waals surface area contributed by atoms with Crippen LogP contribution in [-0.2, 0) is 21.2 Å². The van der Waals surface area contributed by atoms with Gasteiger partial charge in [-0.25, -0.2) is 12.8 Å². The Bertz CT molecular complexity index is 1150. The van der Waals surface area contributed by atoms with Crippen LogP contribution in [0.3, 0.4) is 0 Å². The molecular formula is C26H29FN2O3S. The molecule has 0 bridgehead atoms. The maximum atomic E-state index is 13.5. The van der Waals surface area contributed by atoms with E-state index in [0.29, 0.717) is 6.54 Å². The lowest BCUT2D eigenvalue weighted by atomic mass is 9.97. The van der Waals surface area contributed by atoms with Crippen LogP contribution in [-0.4, -0.2) is 27.4 Å². The maximum Gasteiger partial charge on any atom is 0.264 e. The number of amides is 1. The minimum atomic E-state index is -4.02. The molecule has 0 aromatic heterocycles. The van der Waals surface area contributed by atoms with Crippen molar-refractivity contribution in [1.29, 1.82) is 0 Å². The average Bonchev–Trinajstić information content (AvgIpc) is 2.81. The molecule has 1 N–H and O–H groups in total. The average molecular weight is 469 g/mol. The first-order valence-corrected chi connectivity index (χ1v) is 12.4. The lowest BCUT2D eigenvalue weighted by Crippen LogP contribution is -2.42. The zero-order valence-corrected chi connectivity index (χ0v) is 19.7. The lowest BCUT2D eigenvalue weighted by molar-refractivity contribution is -0.119. The van der Waals surface area contributed by atoms with E-state index in [1.54, 1.807) is 12.1 Å². The summed E-state index contributed by atoms with van der Waals surface area (Å²) < 4.78 is 41.2. The molecule has 3 rings (SSSR count). The molecule has 1 atom stereocenters. The summed E-state index contributed by atoms with van der Waals surface area (Å²) in [6.07, 6.45) is 1.69. The van der Waals surface area contributed by atoms with Crippen LogP contribution in [0.15, 0.2) is 83.8 Å². The Balaban J connectivity index is 1.76. The molecule has 3 aromatic carbocycles. The predicted molar refractivity (Wildman–Crippen MR) is 129 cm³/mol. The van der Waals surface area contributed by atoms with E-state index in [2.05, 4.69) is 24.4 Å². The van der Waals surface area contributed by atoms with Crippen LogP contribution in [0.4, 0.5) is 10.1 Å².